The lowest BCUT2D eigenvalue weighted by Gasteiger charge is -2.05. The van der Waals surface area contributed by atoms with Gasteiger partial charge in [-0.2, -0.15) is 0 Å². The number of unbranched alkanes of at least 4 members (excludes halogenated alkanes) is 17. The average Bonchev–Trinajstić information content (AvgIpc) is 2.72. The number of carbonyl (C=O) groups is 1. The quantitative estimate of drug-likeness (QED) is 0.104. The van der Waals surface area contributed by atoms with Crippen LogP contribution in [-0.2, 0) is 4.79 Å². The number of aliphatic imine (C=N–C) groups is 1. The molecule has 0 aromatic carbocycles. The molecule has 0 radical (unpaired) electrons. The molecule has 0 aliphatic heterocycles. The van der Waals surface area contributed by atoms with E-state index in [9.17, 15) is 4.79 Å². The molecule has 0 aromatic rings. The molecule has 5 nitrogen and oxygen atoms in total. The molecule has 0 aliphatic rings. The van der Waals surface area contributed by atoms with Gasteiger partial charge in [0.25, 0.3) is 0 Å². The molecule has 0 spiro atoms. The third-order valence-electron chi connectivity index (χ3n) is 5.71. The van der Waals surface area contributed by atoms with Crippen molar-refractivity contribution < 1.29 is 4.79 Å². The van der Waals surface area contributed by atoms with Gasteiger partial charge in [0.05, 0.1) is 0 Å². The van der Waals surface area contributed by atoms with E-state index >= 15 is 0 Å². The van der Waals surface area contributed by atoms with Crippen LogP contribution in [0.15, 0.2) is 4.99 Å². The SMILES string of the molecule is CCCCCCCCCCCCCCCCCC(=O)NCCCCCCN=C(N)N. The lowest BCUT2D eigenvalue weighted by molar-refractivity contribution is -0.121. The van der Waals surface area contributed by atoms with Gasteiger partial charge in [0.1, 0.15) is 0 Å². The van der Waals surface area contributed by atoms with Crippen LogP contribution in [0.4, 0.5) is 0 Å². The predicted octanol–water partition coefficient (Wildman–Crippen LogP) is 6.20. The lowest BCUT2D eigenvalue weighted by Crippen LogP contribution is -2.24. The molecule has 5 N–H and O–H groups in total. The van der Waals surface area contributed by atoms with Gasteiger partial charge < -0.3 is 16.8 Å². The zero-order valence-electron chi connectivity index (χ0n) is 20.1. The number of nitrogens with zero attached hydrogens (tertiary/aromatic N) is 1. The first kappa shape index (κ1) is 28.7. The second kappa shape index (κ2) is 24.0. The second-order valence-corrected chi connectivity index (χ2v) is 8.77. The number of guanidine groups is 1. The highest BCUT2D eigenvalue weighted by Crippen LogP contribution is 2.13. The molecule has 0 aliphatic carbocycles. The summed E-state index contributed by atoms with van der Waals surface area (Å²) in [5.41, 5.74) is 10.6. The molecule has 0 heterocycles. The van der Waals surface area contributed by atoms with E-state index in [2.05, 4.69) is 17.2 Å². The van der Waals surface area contributed by atoms with Gasteiger partial charge in [-0.15, -0.1) is 0 Å². The summed E-state index contributed by atoms with van der Waals surface area (Å²) in [6, 6.07) is 0. The topological polar surface area (TPSA) is 93.5 Å². The van der Waals surface area contributed by atoms with E-state index in [0.29, 0.717) is 13.0 Å². The van der Waals surface area contributed by atoms with Crippen molar-refractivity contribution in [1.29, 1.82) is 0 Å². The average molecular weight is 425 g/mol. The fourth-order valence-corrected chi connectivity index (χ4v) is 3.77. The summed E-state index contributed by atoms with van der Waals surface area (Å²) in [5.74, 6) is 0.381. The number of amides is 1. The highest BCUT2D eigenvalue weighted by molar-refractivity contribution is 5.76. The summed E-state index contributed by atoms with van der Waals surface area (Å²) in [7, 11) is 0. The minimum Gasteiger partial charge on any atom is -0.370 e. The minimum atomic E-state index is 0.168. The van der Waals surface area contributed by atoms with Gasteiger partial charge >= 0.3 is 0 Å². The molecule has 1 amide bonds. The molecule has 0 aromatic heterocycles. The van der Waals surface area contributed by atoms with Crippen LogP contribution in [0.3, 0.4) is 0 Å². The largest absolute Gasteiger partial charge is 0.370 e. The standard InChI is InChI=1S/C25H52N4O/c1-2-3-4-5-6-7-8-9-10-11-12-13-14-15-18-21-24(30)28-22-19-16-17-20-23-29-25(26)27/h2-23H2,1H3,(H,28,30)(H4,26,27,29). The first-order chi connectivity index (χ1) is 14.7. The highest BCUT2D eigenvalue weighted by Gasteiger charge is 2.00. The van der Waals surface area contributed by atoms with Crippen molar-refractivity contribution in [2.45, 2.75) is 135 Å². The van der Waals surface area contributed by atoms with Crippen LogP contribution in [0.1, 0.15) is 135 Å². The summed E-state index contributed by atoms with van der Waals surface area (Å²) < 4.78 is 0. The Morgan fingerprint density at radius 1 is 0.633 bits per heavy atom. The predicted molar refractivity (Wildman–Crippen MR) is 132 cm³/mol. The monoisotopic (exact) mass is 424 g/mol. The van der Waals surface area contributed by atoms with Crippen molar-refractivity contribution in [3.05, 3.63) is 0 Å². The fraction of sp³-hybridized carbons (Fsp3) is 0.920. The van der Waals surface area contributed by atoms with E-state index in [0.717, 1.165) is 38.6 Å². The highest BCUT2D eigenvalue weighted by atomic mass is 16.1. The van der Waals surface area contributed by atoms with Crippen LogP contribution < -0.4 is 16.8 Å². The normalized spacial score (nSPS) is 10.8. The van der Waals surface area contributed by atoms with Gasteiger partial charge in [-0.1, -0.05) is 110 Å². The Morgan fingerprint density at radius 3 is 1.57 bits per heavy atom. The van der Waals surface area contributed by atoms with E-state index in [1.54, 1.807) is 0 Å². The molecule has 5 heteroatoms. The zero-order valence-corrected chi connectivity index (χ0v) is 20.1. The molecular formula is C25H52N4O. The van der Waals surface area contributed by atoms with Crippen molar-refractivity contribution in [3.63, 3.8) is 0 Å². The molecule has 0 fully saturated rings. The Kier molecular flexibility index (Phi) is 23.0. The van der Waals surface area contributed by atoms with Crippen molar-refractivity contribution >= 4 is 11.9 Å². The van der Waals surface area contributed by atoms with Crippen molar-refractivity contribution in [2.24, 2.45) is 16.5 Å². The van der Waals surface area contributed by atoms with Crippen molar-refractivity contribution in [2.75, 3.05) is 13.1 Å². The first-order valence-electron chi connectivity index (χ1n) is 13.0. The Bertz CT molecular complexity index is 395. The van der Waals surface area contributed by atoms with Gasteiger partial charge in [0.15, 0.2) is 5.96 Å². The van der Waals surface area contributed by atoms with Crippen molar-refractivity contribution in [3.8, 4) is 0 Å². The molecule has 0 rings (SSSR count). The van der Waals surface area contributed by atoms with Crippen LogP contribution >= 0.6 is 0 Å². The van der Waals surface area contributed by atoms with Crippen LogP contribution in [0, 0.1) is 0 Å². The summed E-state index contributed by atoms with van der Waals surface area (Å²) in [4.78, 5) is 15.8. The molecule has 30 heavy (non-hydrogen) atoms. The first-order valence-corrected chi connectivity index (χ1v) is 13.0. The maximum atomic E-state index is 11.8. The molecular weight excluding hydrogens is 372 g/mol. The molecule has 178 valence electrons. The van der Waals surface area contributed by atoms with Crippen LogP contribution in [0.25, 0.3) is 0 Å². The third kappa shape index (κ3) is 24.8. The molecule has 0 atom stereocenters. The number of hydrogen-bond donors (Lipinski definition) is 3. The Labute approximate surface area is 187 Å². The second-order valence-electron chi connectivity index (χ2n) is 8.77. The van der Waals surface area contributed by atoms with E-state index in [-0.39, 0.29) is 11.9 Å². The van der Waals surface area contributed by atoms with E-state index in [1.807, 2.05) is 0 Å². The van der Waals surface area contributed by atoms with Gasteiger partial charge in [-0.25, -0.2) is 0 Å². The summed E-state index contributed by atoms with van der Waals surface area (Å²) in [5, 5.41) is 3.03. The van der Waals surface area contributed by atoms with Gasteiger partial charge in [-0.3, -0.25) is 9.79 Å². The third-order valence-corrected chi connectivity index (χ3v) is 5.71. The van der Waals surface area contributed by atoms with Gasteiger partial charge in [0, 0.05) is 19.5 Å². The molecule has 0 saturated heterocycles. The lowest BCUT2D eigenvalue weighted by atomic mass is 10.0. The summed E-state index contributed by atoms with van der Waals surface area (Å²) in [6.07, 6.45) is 25.3. The maximum absolute atomic E-state index is 11.8. The number of nitrogens with one attached hydrogen (secondary N) is 1. The summed E-state index contributed by atoms with van der Waals surface area (Å²) in [6.45, 7) is 3.77. The zero-order chi connectivity index (χ0) is 22.1. The molecule has 0 unspecified atom stereocenters. The smallest absolute Gasteiger partial charge is 0.219 e. The number of hydrogen-bond acceptors (Lipinski definition) is 2. The molecule has 0 saturated carbocycles. The van der Waals surface area contributed by atoms with E-state index < -0.39 is 0 Å². The maximum Gasteiger partial charge on any atom is 0.219 e. The molecule has 0 bridgehead atoms. The number of nitrogens with two attached hydrogens (primary N) is 2. The Hall–Kier alpha value is -1.26. The summed E-state index contributed by atoms with van der Waals surface area (Å²) >= 11 is 0. The van der Waals surface area contributed by atoms with E-state index in [1.165, 1.54) is 89.9 Å². The fourth-order valence-electron chi connectivity index (χ4n) is 3.77. The van der Waals surface area contributed by atoms with E-state index in [4.69, 9.17) is 11.5 Å². The number of carbonyl (C=O) groups excluding carboxylic acids is 1. The number of rotatable bonds is 23. The minimum absolute atomic E-state index is 0.168. The van der Waals surface area contributed by atoms with Gasteiger partial charge in [0.2, 0.25) is 5.91 Å². The van der Waals surface area contributed by atoms with Crippen LogP contribution in [0.5, 0.6) is 0 Å². The van der Waals surface area contributed by atoms with Crippen molar-refractivity contribution in [1.82, 2.24) is 5.32 Å². The Balaban J connectivity index is 3.17. The van der Waals surface area contributed by atoms with Gasteiger partial charge in [-0.05, 0) is 19.3 Å². The van der Waals surface area contributed by atoms with Crippen LogP contribution in [0.2, 0.25) is 0 Å². The van der Waals surface area contributed by atoms with Crippen LogP contribution in [-0.4, -0.2) is 25.0 Å². The Morgan fingerprint density at radius 2 is 1.07 bits per heavy atom.